The third kappa shape index (κ3) is 3.06. The van der Waals surface area contributed by atoms with E-state index in [9.17, 15) is 4.79 Å². The summed E-state index contributed by atoms with van der Waals surface area (Å²) in [5, 5.41) is 3.51. The van der Waals surface area contributed by atoms with Crippen LogP contribution >= 0.6 is 0 Å². The van der Waals surface area contributed by atoms with Gasteiger partial charge in [0.15, 0.2) is 0 Å². The lowest BCUT2D eigenvalue weighted by Gasteiger charge is -2.34. The number of para-hydroxylation sites is 1. The van der Waals surface area contributed by atoms with E-state index >= 15 is 0 Å². The van der Waals surface area contributed by atoms with E-state index in [-0.39, 0.29) is 0 Å². The molecule has 4 nitrogen and oxygen atoms in total. The molecule has 0 aliphatic heterocycles. The predicted molar refractivity (Wildman–Crippen MR) is 81.8 cm³/mol. The quantitative estimate of drug-likeness (QED) is 0.657. The number of methoxy groups -OCH3 is 1. The van der Waals surface area contributed by atoms with Gasteiger partial charge in [-0.15, -0.1) is 0 Å². The van der Waals surface area contributed by atoms with Crippen molar-refractivity contribution in [2.45, 2.75) is 39.2 Å². The van der Waals surface area contributed by atoms with Gasteiger partial charge in [-0.2, -0.15) is 0 Å². The molecule has 20 heavy (non-hydrogen) atoms. The SMILES string of the molecule is COC(=O)c1cccc(NC2CCC(C)CC2C)c1N. The van der Waals surface area contributed by atoms with Crippen molar-refractivity contribution in [2.24, 2.45) is 11.8 Å². The molecule has 1 aliphatic rings. The van der Waals surface area contributed by atoms with Gasteiger partial charge in [-0.3, -0.25) is 0 Å². The average molecular weight is 276 g/mol. The van der Waals surface area contributed by atoms with Gasteiger partial charge < -0.3 is 15.8 Å². The van der Waals surface area contributed by atoms with E-state index in [1.807, 2.05) is 12.1 Å². The van der Waals surface area contributed by atoms with Gasteiger partial charge in [0.05, 0.1) is 24.0 Å². The second kappa shape index (κ2) is 6.16. The summed E-state index contributed by atoms with van der Waals surface area (Å²) in [6, 6.07) is 5.87. The number of ether oxygens (including phenoxy) is 1. The maximum Gasteiger partial charge on any atom is 0.340 e. The molecule has 1 aromatic rings. The van der Waals surface area contributed by atoms with Crippen LogP contribution in [0.5, 0.6) is 0 Å². The maximum atomic E-state index is 11.7. The van der Waals surface area contributed by atoms with Crippen LogP contribution < -0.4 is 11.1 Å². The van der Waals surface area contributed by atoms with Crippen molar-refractivity contribution in [3.8, 4) is 0 Å². The molecule has 1 aliphatic carbocycles. The van der Waals surface area contributed by atoms with Crippen LogP contribution in [0.2, 0.25) is 0 Å². The highest BCUT2D eigenvalue weighted by molar-refractivity contribution is 5.98. The Balaban J connectivity index is 2.15. The highest BCUT2D eigenvalue weighted by Gasteiger charge is 2.26. The van der Waals surface area contributed by atoms with Gasteiger partial charge in [-0.25, -0.2) is 4.79 Å². The van der Waals surface area contributed by atoms with E-state index in [0.29, 0.717) is 23.2 Å². The number of carbonyl (C=O) groups excluding carboxylic acids is 1. The summed E-state index contributed by atoms with van der Waals surface area (Å²) in [5.74, 6) is 1.01. The van der Waals surface area contributed by atoms with Crippen LogP contribution in [0.25, 0.3) is 0 Å². The molecule has 0 bridgehead atoms. The van der Waals surface area contributed by atoms with Crippen molar-refractivity contribution in [1.82, 2.24) is 0 Å². The minimum atomic E-state index is -0.392. The van der Waals surface area contributed by atoms with E-state index in [0.717, 1.165) is 18.0 Å². The second-order valence-corrected chi connectivity index (χ2v) is 5.90. The largest absolute Gasteiger partial charge is 0.465 e. The number of benzene rings is 1. The smallest absolute Gasteiger partial charge is 0.340 e. The van der Waals surface area contributed by atoms with Crippen molar-refractivity contribution in [3.63, 3.8) is 0 Å². The van der Waals surface area contributed by atoms with Crippen LogP contribution in [-0.4, -0.2) is 19.1 Å². The molecule has 1 aromatic carbocycles. The minimum absolute atomic E-state index is 0.392. The first-order valence-electron chi connectivity index (χ1n) is 7.26. The molecule has 4 heteroatoms. The number of esters is 1. The summed E-state index contributed by atoms with van der Waals surface area (Å²) in [6.07, 6.45) is 3.61. The van der Waals surface area contributed by atoms with Crippen LogP contribution in [0, 0.1) is 11.8 Å². The molecule has 0 amide bonds. The highest BCUT2D eigenvalue weighted by Crippen LogP contribution is 2.32. The van der Waals surface area contributed by atoms with Crippen LogP contribution in [0.4, 0.5) is 11.4 Å². The van der Waals surface area contributed by atoms with Crippen LogP contribution in [-0.2, 0) is 4.74 Å². The highest BCUT2D eigenvalue weighted by atomic mass is 16.5. The Morgan fingerprint density at radius 1 is 1.35 bits per heavy atom. The molecular formula is C16H24N2O2. The fourth-order valence-corrected chi connectivity index (χ4v) is 3.06. The molecule has 0 aromatic heterocycles. The first-order chi connectivity index (χ1) is 9.52. The van der Waals surface area contributed by atoms with Gasteiger partial charge in [0.1, 0.15) is 0 Å². The first-order valence-corrected chi connectivity index (χ1v) is 7.26. The number of anilines is 2. The number of hydrogen-bond donors (Lipinski definition) is 2. The standard InChI is InChI=1S/C16H24N2O2/c1-10-7-8-13(11(2)9-10)18-14-6-4-5-12(15(14)17)16(19)20-3/h4-6,10-11,13,18H,7-9,17H2,1-3H3. The molecule has 0 heterocycles. The molecule has 3 atom stereocenters. The third-order valence-electron chi connectivity index (χ3n) is 4.28. The monoisotopic (exact) mass is 276 g/mol. The average Bonchev–Trinajstić information content (AvgIpc) is 2.43. The maximum absolute atomic E-state index is 11.7. The molecule has 1 fully saturated rings. The molecule has 0 saturated heterocycles. The van der Waals surface area contributed by atoms with Gasteiger partial charge in [0.2, 0.25) is 0 Å². The summed E-state index contributed by atoms with van der Waals surface area (Å²) in [4.78, 5) is 11.7. The number of nitrogen functional groups attached to an aromatic ring is 1. The zero-order valence-electron chi connectivity index (χ0n) is 12.5. The number of nitrogens with one attached hydrogen (secondary N) is 1. The van der Waals surface area contributed by atoms with Gasteiger partial charge in [-0.1, -0.05) is 19.9 Å². The number of hydrogen-bond acceptors (Lipinski definition) is 4. The lowest BCUT2D eigenvalue weighted by molar-refractivity contribution is 0.0602. The lowest BCUT2D eigenvalue weighted by Crippen LogP contribution is -2.33. The minimum Gasteiger partial charge on any atom is -0.465 e. The van der Waals surface area contributed by atoms with Crippen molar-refractivity contribution in [2.75, 3.05) is 18.2 Å². The van der Waals surface area contributed by atoms with Crippen LogP contribution in [0.1, 0.15) is 43.5 Å². The zero-order chi connectivity index (χ0) is 14.7. The summed E-state index contributed by atoms with van der Waals surface area (Å²) in [5.41, 5.74) is 7.82. The Kier molecular flexibility index (Phi) is 4.53. The molecular weight excluding hydrogens is 252 g/mol. The predicted octanol–water partition coefficient (Wildman–Crippen LogP) is 3.29. The topological polar surface area (TPSA) is 64.3 Å². The molecule has 3 unspecified atom stereocenters. The van der Waals surface area contributed by atoms with Gasteiger partial charge in [-0.05, 0) is 43.2 Å². The Morgan fingerprint density at radius 3 is 2.75 bits per heavy atom. The molecule has 1 saturated carbocycles. The Labute approximate surface area is 120 Å². The van der Waals surface area contributed by atoms with E-state index < -0.39 is 5.97 Å². The third-order valence-corrected chi connectivity index (χ3v) is 4.28. The second-order valence-electron chi connectivity index (χ2n) is 5.90. The molecule has 110 valence electrons. The van der Waals surface area contributed by atoms with Gasteiger partial charge in [0, 0.05) is 6.04 Å². The Morgan fingerprint density at radius 2 is 2.10 bits per heavy atom. The lowest BCUT2D eigenvalue weighted by atomic mass is 9.80. The Hall–Kier alpha value is -1.71. The fraction of sp³-hybridized carbons (Fsp3) is 0.562. The summed E-state index contributed by atoms with van der Waals surface area (Å²) >= 11 is 0. The number of rotatable bonds is 3. The van der Waals surface area contributed by atoms with Crippen molar-refractivity contribution in [1.29, 1.82) is 0 Å². The van der Waals surface area contributed by atoms with Crippen LogP contribution in [0.3, 0.4) is 0 Å². The van der Waals surface area contributed by atoms with Crippen molar-refractivity contribution >= 4 is 17.3 Å². The molecule has 0 radical (unpaired) electrons. The van der Waals surface area contributed by atoms with E-state index in [1.54, 1.807) is 6.07 Å². The zero-order valence-corrected chi connectivity index (χ0v) is 12.5. The number of nitrogens with two attached hydrogens (primary N) is 1. The summed E-state index contributed by atoms with van der Waals surface area (Å²) < 4.78 is 4.75. The van der Waals surface area contributed by atoms with Gasteiger partial charge >= 0.3 is 5.97 Å². The van der Waals surface area contributed by atoms with Crippen LogP contribution in [0.15, 0.2) is 18.2 Å². The molecule has 3 N–H and O–H groups in total. The number of carbonyl (C=O) groups is 1. The van der Waals surface area contributed by atoms with E-state index in [2.05, 4.69) is 19.2 Å². The normalized spacial score (nSPS) is 26.1. The molecule has 2 rings (SSSR count). The van der Waals surface area contributed by atoms with E-state index in [4.69, 9.17) is 10.5 Å². The molecule has 0 spiro atoms. The summed E-state index contributed by atoms with van der Waals surface area (Å²) in [6.45, 7) is 4.58. The first kappa shape index (κ1) is 14.7. The van der Waals surface area contributed by atoms with Gasteiger partial charge in [0.25, 0.3) is 0 Å². The fourth-order valence-electron chi connectivity index (χ4n) is 3.06. The summed E-state index contributed by atoms with van der Waals surface area (Å²) in [7, 11) is 1.37. The van der Waals surface area contributed by atoms with Crippen molar-refractivity contribution in [3.05, 3.63) is 23.8 Å². The van der Waals surface area contributed by atoms with Crippen molar-refractivity contribution < 1.29 is 9.53 Å². The van der Waals surface area contributed by atoms with E-state index in [1.165, 1.54) is 20.0 Å². The Bertz CT molecular complexity index is 487.